The molecule has 8 heteroatoms. The summed E-state index contributed by atoms with van der Waals surface area (Å²) in [4.78, 5) is 0. The van der Waals surface area contributed by atoms with Gasteiger partial charge >= 0.3 is 0 Å². The van der Waals surface area contributed by atoms with Crippen LogP contribution in [0.5, 0.6) is 0 Å². The largest absolute Gasteiger partial charge is 0.755 e. The van der Waals surface area contributed by atoms with Gasteiger partial charge in [-0.05, 0) is 24.3 Å². The molecule has 6 nitrogen and oxygen atoms in total. The van der Waals surface area contributed by atoms with Crippen LogP contribution in [0.25, 0.3) is 0 Å². The molecule has 0 aromatic heterocycles. The Morgan fingerprint density at radius 2 is 1.67 bits per heavy atom. The van der Waals surface area contributed by atoms with Crippen LogP contribution in [-0.4, -0.2) is 23.4 Å². The van der Waals surface area contributed by atoms with E-state index in [0.29, 0.717) is 11.4 Å². The molecule has 1 rings (SSSR count). The van der Waals surface area contributed by atoms with Crippen LogP contribution in [-0.2, 0) is 21.3 Å². The molecule has 1 aromatic carbocycles. The summed E-state index contributed by atoms with van der Waals surface area (Å²) in [6.45, 7) is 0. The molecular formula is C7H9N2O4S2-. The highest BCUT2D eigenvalue weighted by Gasteiger charge is 2.00. The average Bonchev–Trinajstić information content (AvgIpc) is 2.05. The van der Waals surface area contributed by atoms with E-state index >= 15 is 0 Å². The van der Waals surface area contributed by atoms with E-state index < -0.39 is 21.3 Å². The second-order valence-electron chi connectivity index (χ2n) is 2.79. The van der Waals surface area contributed by atoms with Crippen LogP contribution in [0.15, 0.2) is 24.3 Å². The highest BCUT2D eigenvalue weighted by Crippen LogP contribution is 2.14. The summed E-state index contributed by atoms with van der Waals surface area (Å²) < 4.78 is 46.6. The first-order valence-electron chi connectivity index (χ1n) is 3.80. The molecule has 1 aromatic rings. The summed E-state index contributed by atoms with van der Waals surface area (Å²) in [7, 11) is -3.31. The zero-order valence-electron chi connectivity index (χ0n) is 7.76. The van der Waals surface area contributed by atoms with Gasteiger partial charge in [-0.2, -0.15) is 0 Å². The zero-order valence-corrected chi connectivity index (χ0v) is 9.39. The summed E-state index contributed by atoms with van der Waals surface area (Å²) in [5.74, 6) is 0. The van der Waals surface area contributed by atoms with Gasteiger partial charge in [-0.15, -0.1) is 0 Å². The van der Waals surface area contributed by atoms with Crippen LogP contribution in [0, 0.1) is 0 Å². The summed E-state index contributed by atoms with van der Waals surface area (Å²) in [5, 5.41) is 0. The fraction of sp³-hybridized carbons (Fsp3) is 0.143. The smallest absolute Gasteiger partial charge is 0.229 e. The highest BCUT2D eigenvalue weighted by atomic mass is 32.2. The van der Waals surface area contributed by atoms with Crippen molar-refractivity contribution in [3.05, 3.63) is 24.3 Å². The van der Waals surface area contributed by atoms with Crippen molar-refractivity contribution >= 4 is 32.7 Å². The summed E-state index contributed by atoms with van der Waals surface area (Å²) in [5.41, 5.74) is 0.738. The standard InChI is InChI=1S/C7H10N2O4S2/c1-15(12,13)9-7-4-2-6(3-5-7)8-14(10)11/h2-5,8-9H,1H3,(H,10,11)/p-1. The number of anilines is 2. The minimum atomic E-state index is -3.31. The lowest BCUT2D eigenvalue weighted by atomic mass is 10.3. The molecule has 0 aliphatic carbocycles. The molecule has 0 saturated heterocycles. The Morgan fingerprint density at radius 1 is 1.20 bits per heavy atom. The predicted molar refractivity (Wildman–Crippen MR) is 57.5 cm³/mol. The van der Waals surface area contributed by atoms with Gasteiger partial charge in [0.2, 0.25) is 10.0 Å². The van der Waals surface area contributed by atoms with Crippen molar-refractivity contribution in [1.82, 2.24) is 0 Å². The predicted octanol–water partition coefficient (Wildman–Crippen LogP) is 0.264. The van der Waals surface area contributed by atoms with Gasteiger partial charge in [0, 0.05) is 22.6 Å². The van der Waals surface area contributed by atoms with Gasteiger partial charge in [0.25, 0.3) is 0 Å². The van der Waals surface area contributed by atoms with E-state index in [2.05, 4.69) is 9.44 Å². The number of rotatable bonds is 4. The molecule has 0 saturated carbocycles. The van der Waals surface area contributed by atoms with Crippen molar-refractivity contribution in [2.45, 2.75) is 0 Å². The fourth-order valence-corrected chi connectivity index (χ4v) is 1.81. The van der Waals surface area contributed by atoms with Crippen molar-refractivity contribution < 1.29 is 17.2 Å². The first-order chi connectivity index (χ1) is 6.87. The van der Waals surface area contributed by atoms with E-state index in [-0.39, 0.29) is 0 Å². The van der Waals surface area contributed by atoms with Gasteiger partial charge in [-0.25, -0.2) is 8.42 Å². The third-order valence-corrected chi connectivity index (χ3v) is 2.40. The maximum Gasteiger partial charge on any atom is 0.229 e. The van der Waals surface area contributed by atoms with E-state index in [1.54, 1.807) is 0 Å². The van der Waals surface area contributed by atoms with Crippen LogP contribution in [0.4, 0.5) is 11.4 Å². The molecule has 1 atom stereocenters. The first kappa shape index (κ1) is 12.0. The quantitative estimate of drug-likeness (QED) is 0.748. The van der Waals surface area contributed by atoms with E-state index in [0.717, 1.165) is 6.26 Å². The summed E-state index contributed by atoms with van der Waals surface area (Å²) >= 11 is -2.38. The van der Waals surface area contributed by atoms with E-state index in [9.17, 15) is 17.2 Å². The molecule has 0 amide bonds. The molecular weight excluding hydrogens is 240 g/mol. The monoisotopic (exact) mass is 249 g/mol. The highest BCUT2D eigenvalue weighted by molar-refractivity contribution is 7.92. The minimum absolute atomic E-state index is 0.363. The fourth-order valence-electron chi connectivity index (χ4n) is 0.917. The molecule has 15 heavy (non-hydrogen) atoms. The Kier molecular flexibility index (Phi) is 3.66. The maximum atomic E-state index is 10.8. The van der Waals surface area contributed by atoms with E-state index in [4.69, 9.17) is 0 Å². The number of nitrogens with one attached hydrogen (secondary N) is 2. The van der Waals surface area contributed by atoms with E-state index in [1.807, 2.05) is 0 Å². The lowest BCUT2D eigenvalue weighted by Gasteiger charge is -2.09. The number of hydrogen-bond acceptors (Lipinski definition) is 4. The normalized spacial score (nSPS) is 13.2. The number of sulfonamides is 1. The van der Waals surface area contributed by atoms with Gasteiger partial charge in [-0.3, -0.25) is 8.93 Å². The Morgan fingerprint density at radius 3 is 2.07 bits per heavy atom. The average molecular weight is 249 g/mol. The topological polar surface area (TPSA) is 98.3 Å². The second kappa shape index (κ2) is 4.60. The third kappa shape index (κ3) is 4.77. The van der Waals surface area contributed by atoms with Gasteiger partial charge < -0.3 is 9.27 Å². The molecule has 0 spiro atoms. The lowest BCUT2D eigenvalue weighted by Crippen LogP contribution is -2.09. The maximum absolute atomic E-state index is 10.8. The van der Waals surface area contributed by atoms with Crippen molar-refractivity contribution in [2.75, 3.05) is 15.7 Å². The molecule has 2 N–H and O–H groups in total. The van der Waals surface area contributed by atoms with Crippen LogP contribution >= 0.6 is 0 Å². The second-order valence-corrected chi connectivity index (χ2v) is 5.21. The lowest BCUT2D eigenvalue weighted by molar-refractivity contribution is 0.542. The SMILES string of the molecule is CS(=O)(=O)Nc1ccc(NS(=O)[O-])cc1. The van der Waals surface area contributed by atoms with Crippen LogP contribution < -0.4 is 9.44 Å². The first-order valence-corrected chi connectivity index (χ1v) is 6.77. The van der Waals surface area contributed by atoms with Crippen molar-refractivity contribution in [1.29, 1.82) is 0 Å². The van der Waals surface area contributed by atoms with Gasteiger partial charge in [0.15, 0.2) is 0 Å². The van der Waals surface area contributed by atoms with Gasteiger partial charge in [0.05, 0.1) is 6.26 Å². The van der Waals surface area contributed by atoms with Crippen LogP contribution in [0.3, 0.4) is 0 Å². The molecule has 0 fully saturated rings. The minimum Gasteiger partial charge on any atom is -0.755 e. The molecule has 0 radical (unpaired) electrons. The zero-order chi connectivity index (χ0) is 11.5. The molecule has 0 heterocycles. The molecule has 0 aliphatic heterocycles. The molecule has 84 valence electrons. The van der Waals surface area contributed by atoms with Crippen molar-refractivity contribution in [2.24, 2.45) is 0 Å². The molecule has 1 unspecified atom stereocenters. The van der Waals surface area contributed by atoms with Crippen molar-refractivity contribution in [3.8, 4) is 0 Å². The van der Waals surface area contributed by atoms with Gasteiger partial charge in [-0.1, -0.05) is 0 Å². The Labute approximate surface area is 90.2 Å². The van der Waals surface area contributed by atoms with Gasteiger partial charge in [0.1, 0.15) is 0 Å². The summed E-state index contributed by atoms with van der Waals surface area (Å²) in [6, 6.07) is 5.80. The van der Waals surface area contributed by atoms with Crippen LogP contribution in [0.2, 0.25) is 0 Å². The molecule has 0 bridgehead atoms. The van der Waals surface area contributed by atoms with Crippen molar-refractivity contribution in [3.63, 3.8) is 0 Å². The number of hydrogen-bond donors (Lipinski definition) is 2. The van der Waals surface area contributed by atoms with Crippen LogP contribution in [0.1, 0.15) is 0 Å². The van der Waals surface area contributed by atoms with E-state index in [1.165, 1.54) is 24.3 Å². The Bertz CT molecular complexity index is 454. The Balaban J connectivity index is 2.77. The number of benzene rings is 1. The third-order valence-electron chi connectivity index (χ3n) is 1.39. The Hall–Kier alpha value is -1.12. The summed E-state index contributed by atoms with van der Waals surface area (Å²) in [6.07, 6.45) is 1.03. The molecule has 0 aliphatic rings.